The van der Waals surface area contributed by atoms with Crippen LogP contribution < -0.4 is 16.2 Å². The maximum atomic E-state index is 12.3. The van der Waals surface area contributed by atoms with Gasteiger partial charge in [0, 0.05) is 24.1 Å². The summed E-state index contributed by atoms with van der Waals surface area (Å²) in [5, 5.41) is 7.24. The Hall–Kier alpha value is -2.84. The average molecular weight is 430 g/mol. The summed E-state index contributed by atoms with van der Waals surface area (Å²) in [6, 6.07) is 3.63. The molecule has 0 unspecified atom stereocenters. The molecule has 0 radical (unpaired) electrons. The lowest BCUT2D eigenvalue weighted by atomic mass is 10.0. The number of aliphatic imine (C=N–C) groups is 1. The van der Waals surface area contributed by atoms with Crippen LogP contribution >= 0.6 is 11.6 Å². The lowest BCUT2D eigenvalue weighted by Crippen LogP contribution is -2.51. The molecule has 30 heavy (non-hydrogen) atoms. The van der Waals surface area contributed by atoms with Crippen molar-refractivity contribution in [2.75, 3.05) is 6.54 Å². The van der Waals surface area contributed by atoms with E-state index in [1.54, 1.807) is 31.0 Å². The lowest BCUT2D eigenvalue weighted by molar-refractivity contribution is -0.118. The third kappa shape index (κ3) is 5.40. The van der Waals surface area contributed by atoms with Crippen molar-refractivity contribution >= 4 is 23.8 Å². The van der Waals surface area contributed by atoms with Crippen molar-refractivity contribution in [3.8, 4) is 0 Å². The van der Waals surface area contributed by atoms with Gasteiger partial charge >= 0.3 is 0 Å². The first-order valence-corrected chi connectivity index (χ1v) is 10.1. The maximum Gasteiger partial charge on any atom is 0.253 e. The van der Waals surface area contributed by atoms with Crippen LogP contribution in [-0.4, -0.2) is 39.3 Å². The topological polar surface area (TPSA) is 84.9 Å². The number of rotatable bonds is 5. The highest BCUT2D eigenvalue weighted by molar-refractivity contribution is 6.31. The second kappa shape index (κ2) is 8.49. The fourth-order valence-corrected chi connectivity index (χ4v) is 3.40. The molecule has 1 aromatic rings. The molecule has 0 saturated carbocycles. The van der Waals surface area contributed by atoms with E-state index in [1.807, 2.05) is 63.0 Å². The molecular weight excluding hydrogens is 402 g/mol. The van der Waals surface area contributed by atoms with Crippen molar-refractivity contribution < 1.29 is 4.79 Å². The zero-order valence-electron chi connectivity index (χ0n) is 17.9. The lowest BCUT2D eigenvalue weighted by Gasteiger charge is -2.36. The molecule has 0 fully saturated rings. The molecule has 1 aromatic heterocycles. The van der Waals surface area contributed by atoms with Gasteiger partial charge in [-0.2, -0.15) is 0 Å². The minimum Gasteiger partial charge on any atom is -0.347 e. The van der Waals surface area contributed by atoms with E-state index in [0.29, 0.717) is 17.1 Å². The third-order valence-corrected chi connectivity index (χ3v) is 4.66. The van der Waals surface area contributed by atoms with E-state index in [-0.39, 0.29) is 11.4 Å². The molecule has 3 rings (SSSR count). The molecule has 3 heterocycles. The molecule has 160 valence electrons. The molecule has 0 saturated heterocycles. The molecule has 8 nitrogen and oxygen atoms in total. The molecule has 3 N–H and O–H groups in total. The maximum absolute atomic E-state index is 12.3. The van der Waals surface area contributed by atoms with Crippen molar-refractivity contribution in [1.82, 2.24) is 31.2 Å². The second-order valence-corrected chi connectivity index (χ2v) is 9.11. The quantitative estimate of drug-likeness (QED) is 0.667. The van der Waals surface area contributed by atoms with Gasteiger partial charge in [-0.3, -0.25) is 19.8 Å². The van der Waals surface area contributed by atoms with E-state index in [2.05, 4.69) is 26.1 Å². The van der Waals surface area contributed by atoms with Gasteiger partial charge in [0.1, 0.15) is 6.34 Å². The van der Waals surface area contributed by atoms with Gasteiger partial charge in [-0.1, -0.05) is 11.6 Å². The van der Waals surface area contributed by atoms with Gasteiger partial charge in [-0.15, -0.1) is 0 Å². The van der Waals surface area contributed by atoms with Crippen LogP contribution in [0.15, 0.2) is 59.3 Å². The molecular formula is C21H28ClN7O. The standard InChI is InChI=1S/C21H28ClN7O/c1-20(2,3)26-19(30)15-8-10-29(25-11-15)16-12-23-14-28(13-16)27-21(4,5)18-17(22)7-6-9-24-18/h6-12,14,25,27H,13H2,1-5H3,(H,26,30). The van der Waals surface area contributed by atoms with E-state index in [1.165, 1.54) is 0 Å². The normalized spacial score (nSPS) is 16.7. The van der Waals surface area contributed by atoms with E-state index in [4.69, 9.17) is 11.6 Å². The Morgan fingerprint density at radius 2 is 2.03 bits per heavy atom. The number of nitrogens with zero attached hydrogens (tertiary/aromatic N) is 4. The van der Waals surface area contributed by atoms with Crippen LogP contribution in [0.25, 0.3) is 0 Å². The molecule has 1 amide bonds. The van der Waals surface area contributed by atoms with Crippen LogP contribution in [-0.2, 0) is 10.3 Å². The van der Waals surface area contributed by atoms with Crippen molar-refractivity contribution in [3.05, 3.63) is 65.0 Å². The van der Waals surface area contributed by atoms with E-state index in [9.17, 15) is 4.79 Å². The highest BCUT2D eigenvalue weighted by Crippen LogP contribution is 2.26. The van der Waals surface area contributed by atoms with Crippen molar-refractivity contribution in [2.45, 2.75) is 45.7 Å². The Morgan fingerprint density at radius 3 is 2.67 bits per heavy atom. The summed E-state index contributed by atoms with van der Waals surface area (Å²) in [5.41, 5.74) is 7.95. The van der Waals surface area contributed by atoms with Crippen molar-refractivity contribution in [2.24, 2.45) is 4.99 Å². The molecule has 0 atom stereocenters. The monoisotopic (exact) mass is 429 g/mol. The number of hydrogen-bond donors (Lipinski definition) is 3. The number of amides is 1. The fourth-order valence-electron chi connectivity index (χ4n) is 3.04. The summed E-state index contributed by atoms with van der Waals surface area (Å²) in [7, 11) is 0. The summed E-state index contributed by atoms with van der Waals surface area (Å²) in [5.74, 6) is -0.126. The van der Waals surface area contributed by atoms with Crippen LogP contribution in [0.4, 0.5) is 0 Å². The summed E-state index contributed by atoms with van der Waals surface area (Å²) < 4.78 is 0. The Balaban J connectivity index is 1.62. The highest BCUT2D eigenvalue weighted by Gasteiger charge is 2.28. The Labute approximate surface area is 182 Å². The van der Waals surface area contributed by atoms with Crippen LogP contribution in [0.3, 0.4) is 0 Å². The SMILES string of the molecule is CC(C)(C)NC(=O)C1=CNN(C2=CN=CN(NC(C)(C)c3ncccc3Cl)C2)C=C1. The van der Waals surface area contributed by atoms with Gasteiger partial charge < -0.3 is 10.7 Å². The molecule has 9 heteroatoms. The number of carbonyl (C=O) groups is 1. The van der Waals surface area contributed by atoms with E-state index < -0.39 is 5.54 Å². The number of hydrazine groups is 2. The third-order valence-electron chi connectivity index (χ3n) is 4.36. The zero-order valence-corrected chi connectivity index (χ0v) is 18.7. The Bertz CT molecular complexity index is 928. The van der Waals surface area contributed by atoms with Crippen LogP contribution in [0.2, 0.25) is 5.02 Å². The molecule has 2 aliphatic rings. The minimum atomic E-state index is -0.504. The van der Waals surface area contributed by atoms with Crippen molar-refractivity contribution in [1.29, 1.82) is 0 Å². The fraction of sp³-hybridized carbons (Fsp3) is 0.381. The molecule has 0 aromatic carbocycles. The van der Waals surface area contributed by atoms with Gasteiger partial charge in [0.2, 0.25) is 0 Å². The number of carbonyl (C=O) groups excluding carboxylic acids is 1. The number of aromatic nitrogens is 1. The first-order valence-electron chi connectivity index (χ1n) is 9.69. The highest BCUT2D eigenvalue weighted by atomic mass is 35.5. The van der Waals surface area contributed by atoms with Gasteiger partial charge in [0.05, 0.1) is 40.3 Å². The van der Waals surface area contributed by atoms with E-state index in [0.717, 1.165) is 11.4 Å². The van der Waals surface area contributed by atoms with Crippen LogP contribution in [0.5, 0.6) is 0 Å². The molecule has 0 bridgehead atoms. The Kier molecular flexibility index (Phi) is 6.19. The largest absolute Gasteiger partial charge is 0.347 e. The van der Waals surface area contributed by atoms with Gasteiger partial charge in [-0.25, -0.2) is 10.4 Å². The summed E-state index contributed by atoms with van der Waals surface area (Å²) in [6.07, 6.45) is 10.5. The van der Waals surface area contributed by atoms with Gasteiger partial charge in [0.15, 0.2) is 0 Å². The van der Waals surface area contributed by atoms with Crippen molar-refractivity contribution in [3.63, 3.8) is 0 Å². The summed E-state index contributed by atoms with van der Waals surface area (Å²) in [6.45, 7) is 10.4. The number of hydrogen-bond acceptors (Lipinski definition) is 7. The van der Waals surface area contributed by atoms with E-state index >= 15 is 0 Å². The average Bonchev–Trinajstić information content (AvgIpc) is 2.67. The molecule has 0 aliphatic carbocycles. The summed E-state index contributed by atoms with van der Waals surface area (Å²) in [4.78, 5) is 21.0. The summed E-state index contributed by atoms with van der Waals surface area (Å²) >= 11 is 6.32. The Morgan fingerprint density at radius 1 is 1.27 bits per heavy atom. The predicted molar refractivity (Wildman–Crippen MR) is 119 cm³/mol. The molecule has 2 aliphatic heterocycles. The first kappa shape index (κ1) is 21.9. The van der Waals surface area contributed by atoms with Gasteiger partial charge in [-0.05, 0) is 52.8 Å². The van der Waals surface area contributed by atoms with Crippen LogP contribution in [0, 0.1) is 0 Å². The molecule has 0 spiro atoms. The smallest absolute Gasteiger partial charge is 0.253 e. The predicted octanol–water partition coefficient (Wildman–Crippen LogP) is 2.79. The number of halogens is 1. The van der Waals surface area contributed by atoms with Crippen LogP contribution in [0.1, 0.15) is 40.3 Å². The van der Waals surface area contributed by atoms with Gasteiger partial charge in [0.25, 0.3) is 5.91 Å². The minimum absolute atomic E-state index is 0.126. The number of pyridine rings is 1. The first-order chi connectivity index (χ1) is 14.0. The zero-order chi connectivity index (χ0) is 21.9. The second-order valence-electron chi connectivity index (χ2n) is 8.70. The number of nitrogens with one attached hydrogen (secondary N) is 3.